The van der Waals surface area contributed by atoms with E-state index in [4.69, 9.17) is 0 Å². The molecule has 100 valence electrons. The maximum Gasteiger partial charge on any atom is 0.0342 e. The van der Waals surface area contributed by atoms with E-state index in [0.29, 0.717) is 6.04 Å². The highest BCUT2D eigenvalue weighted by atomic mass is 15.2. The van der Waals surface area contributed by atoms with Crippen LogP contribution in [0.3, 0.4) is 0 Å². The number of nitrogens with one attached hydrogen (secondary N) is 2. The second-order valence-electron chi connectivity index (χ2n) is 5.75. The largest absolute Gasteiger partial charge is 0.315 e. The van der Waals surface area contributed by atoms with Crippen molar-refractivity contribution in [2.45, 2.75) is 18.9 Å². The van der Waals surface area contributed by atoms with Crippen molar-refractivity contribution in [3.05, 3.63) is 0 Å². The summed E-state index contributed by atoms with van der Waals surface area (Å²) in [7, 11) is 4.47. The molecule has 2 rings (SSSR count). The van der Waals surface area contributed by atoms with Crippen molar-refractivity contribution < 1.29 is 0 Å². The molecule has 2 N–H and O–H groups in total. The van der Waals surface area contributed by atoms with Gasteiger partial charge in [-0.2, -0.15) is 0 Å². The van der Waals surface area contributed by atoms with Crippen LogP contribution in [0.15, 0.2) is 0 Å². The van der Waals surface area contributed by atoms with Crippen molar-refractivity contribution in [3.63, 3.8) is 0 Å². The van der Waals surface area contributed by atoms with Gasteiger partial charge in [0.1, 0.15) is 0 Å². The number of nitrogens with zero attached hydrogens (tertiary/aromatic N) is 2. The number of hydrogen-bond acceptors (Lipinski definition) is 4. The van der Waals surface area contributed by atoms with Gasteiger partial charge in [-0.3, -0.25) is 4.90 Å². The van der Waals surface area contributed by atoms with Gasteiger partial charge in [0.05, 0.1) is 0 Å². The van der Waals surface area contributed by atoms with E-state index in [2.05, 4.69) is 34.5 Å². The van der Waals surface area contributed by atoms with Crippen LogP contribution in [0.1, 0.15) is 12.8 Å². The van der Waals surface area contributed by atoms with Gasteiger partial charge < -0.3 is 15.5 Å². The Labute approximate surface area is 106 Å². The molecule has 17 heavy (non-hydrogen) atoms. The molecule has 0 aromatic carbocycles. The van der Waals surface area contributed by atoms with Gasteiger partial charge >= 0.3 is 0 Å². The third-order valence-corrected chi connectivity index (χ3v) is 4.24. The van der Waals surface area contributed by atoms with Crippen molar-refractivity contribution in [2.75, 3.05) is 59.9 Å². The van der Waals surface area contributed by atoms with Gasteiger partial charge in [-0.15, -0.1) is 0 Å². The Balaban J connectivity index is 1.53. The fraction of sp³-hybridized carbons (Fsp3) is 1.00. The molecule has 2 aliphatic heterocycles. The van der Waals surface area contributed by atoms with Crippen molar-refractivity contribution in [2.24, 2.45) is 5.92 Å². The number of hydrogen-bond donors (Lipinski definition) is 2. The van der Waals surface area contributed by atoms with Gasteiger partial charge in [-0.25, -0.2) is 0 Å². The first-order chi connectivity index (χ1) is 8.25. The van der Waals surface area contributed by atoms with E-state index in [1.165, 1.54) is 39.0 Å². The fourth-order valence-electron chi connectivity index (χ4n) is 2.93. The molecule has 0 bridgehead atoms. The summed E-state index contributed by atoms with van der Waals surface area (Å²) in [6.45, 7) is 8.36. The molecule has 2 aliphatic rings. The van der Waals surface area contributed by atoms with Crippen LogP contribution in [0, 0.1) is 5.92 Å². The number of piperazine rings is 1. The first kappa shape index (κ1) is 13.3. The van der Waals surface area contributed by atoms with Gasteiger partial charge in [0.25, 0.3) is 0 Å². The fourth-order valence-corrected chi connectivity index (χ4v) is 2.93. The van der Waals surface area contributed by atoms with Crippen molar-refractivity contribution >= 4 is 0 Å². The van der Waals surface area contributed by atoms with E-state index < -0.39 is 0 Å². The summed E-state index contributed by atoms with van der Waals surface area (Å²) in [6.07, 6.45) is 2.73. The Hall–Kier alpha value is -0.160. The van der Waals surface area contributed by atoms with E-state index in [1.54, 1.807) is 0 Å². The summed E-state index contributed by atoms with van der Waals surface area (Å²) in [4.78, 5) is 4.91. The van der Waals surface area contributed by atoms with Crippen molar-refractivity contribution in [3.8, 4) is 0 Å². The Kier molecular flexibility index (Phi) is 5.22. The summed E-state index contributed by atoms with van der Waals surface area (Å²) < 4.78 is 0. The molecule has 0 amide bonds. The van der Waals surface area contributed by atoms with Gasteiger partial charge in [-0.1, -0.05) is 0 Å². The highest BCUT2D eigenvalue weighted by Gasteiger charge is 2.20. The lowest BCUT2D eigenvalue weighted by atomic mass is 10.1. The van der Waals surface area contributed by atoms with Crippen LogP contribution in [0.25, 0.3) is 0 Å². The topological polar surface area (TPSA) is 30.5 Å². The average Bonchev–Trinajstić information content (AvgIpc) is 2.73. The second kappa shape index (κ2) is 6.69. The van der Waals surface area contributed by atoms with Crippen LogP contribution in [0.5, 0.6) is 0 Å². The minimum Gasteiger partial charge on any atom is -0.315 e. The Morgan fingerprint density at radius 2 is 2.18 bits per heavy atom. The van der Waals surface area contributed by atoms with Crippen LogP contribution in [0.4, 0.5) is 0 Å². The quantitative estimate of drug-likeness (QED) is 0.653. The highest BCUT2D eigenvalue weighted by Crippen LogP contribution is 2.16. The molecule has 2 saturated heterocycles. The van der Waals surface area contributed by atoms with Crippen LogP contribution in [0.2, 0.25) is 0 Å². The molecular weight excluding hydrogens is 212 g/mol. The van der Waals surface area contributed by atoms with Crippen LogP contribution in [-0.2, 0) is 0 Å². The molecule has 0 aromatic rings. The number of rotatable bonds is 5. The second-order valence-corrected chi connectivity index (χ2v) is 5.75. The SMILES string of the molecule is CN1CCC(CCNCC2CNCCN2C)C1. The predicted octanol–water partition coefficient (Wildman–Crippen LogP) is -0.179. The van der Waals surface area contributed by atoms with Gasteiger partial charge in [0, 0.05) is 38.8 Å². The zero-order valence-corrected chi connectivity index (χ0v) is 11.4. The average molecular weight is 240 g/mol. The van der Waals surface area contributed by atoms with Gasteiger partial charge in [0.15, 0.2) is 0 Å². The molecule has 0 radical (unpaired) electrons. The number of likely N-dealkylation sites (N-methyl/N-ethyl adjacent to an activating group) is 1. The maximum absolute atomic E-state index is 3.63. The first-order valence-corrected chi connectivity index (χ1v) is 7.06. The van der Waals surface area contributed by atoms with E-state index >= 15 is 0 Å². The van der Waals surface area contributed by atoms with Crippen LogP contribution >= 0.6 is 0 Å². The minimum atomic E-state index is 0.676. The van der Waals surface area contributed by atoms with Crippen LogP contribution in [-0.4, -0.2) is 75.8 Å². The van der Waals surface area contributed by atoms with Gasteiger partial charge in [-0.05, 0) is 45.9 Å². The highest BCUT2D eigenvalue weighted by molar-refractivity contribution is 4.79. The molecule has 2 heterocycles. The first-order valence-electron chi connectivity index (χ1n) is 7.06. The zero-order chi connectivity index (χ0) is 12.1. The van der Waals surface area contributed by atoms with Crippen molar-refractivity contribution in [1.29, 1.82) is 0 Å². The molecule has 2 unspecified atom stereocenters. The summed E-state index contributed by atoms with van der Waals surface area (Å²) in [5.74, 6) is 0.926. The number of likely N-dealkylation sites (tertiary alicyclic amines) is 1. The monoisotopic (exact) mass is 240 g/mol. The normalized spacial score (nSPS) is 32.1. The zero-order valence-electron chi connectivity index (χ0n) is 11.4. The van der Waals surface area contributed by atoms with E-state index in [0.717, 1.165) is 25.6 Å². The smallest absolute Gasteiger partial charge is 0.0342 e. The standard InChI is InChI=1S/C13H28N4/c1-16-7-4-12(11-16)3-5-14-9-13-10-15-6-8-17(13)2/h12-15H,3-11H2,1-2H3. The molecule has 4 nitrogen and oxygen atoms in total. The molecule has 0 spiro atoms. The molecule has 2 fully saturated rings. The molecule has 0 saturated carbocycles. The lowest BCUT2D eigenvalue weighted by molar-refractivity contribution is 0.195. The molecule has 2 atom stereocenters. The van der Waals surface area contributed by atoms with E-state index in [9.17, 15) is 0 Å². The summed E-state index contributed by atoms with van der Waals surface area (Å²) in [5, 5.41) is 7.09. The van der Waals surface area contributed by atoms with E-state index in [-0.39, 0.29) is 0 Å². The molecule has 4 heteroatoms. The van der Waals surface area contributed by atoms with Crippen molar-refractivity contribution in [1.82, 2.24) is 20.4 Å². The third kappa shape index (κ3) is 4.21. The Morgan fingerprint density at radius 3 is 2.88 bits per heavy atom. The molecular formula is C13H28N4. The third-order valence-electron chi connectivity index (χ3n) is 4.24. The summed E-state index contributed by atoms with van der Waals surface area (Å²) in [6, 6.07) is 0.676. The Morgan fingerprint density at radius 1 is 1.29 bits per heavy atom. The molecule has 0 aromatic heterocycles. The minimum absolute atomic E-state index is 0.676. The molecule has 0 aliphatic carbocycles. The van der Waals surface area contributed by atoms with Gasteiger partial charge in [0.2, 0.25) is 0 Å². The summed E-state index contributed by atoms with van der Waals surface area (Å²) in [5.41, 5.74) is 0. The lowest BCUT2D eigenvalue weighted by Crippen LogP contribution is -2.53. The lowest BCUT2D eigenvalue weighted by Gasteiger charge is -2.33. The summed E-state index contributed by atoms with van der Waals surface area (Å²) >= 11 is 0. The van der Waals surface area contributed by atoms with E-state index in [1.807, 2.05) is 0 Å². The van der Waals surface area contributed by atoms with Crippen LogP contribution < -0.4 is 10.6 Å². The Bertz CT molecular complexity index is 221. The predicted molar refractivity (Wildman–Crippen MR) is 72.4 cm³/mol. The maximum atomic E-state index is 3.63.